The molecule has 5 aromatic rings. The number of carbonyl (C=O) groups excluding carboxylic acids is 1. The second-order valence-corrected chi connectivity index (χ2v) is 10.5. The number of hydrogen-bond donors (Lipinski definition) is 2. The van der Waals surface area contributed by atoms with Crippen LogP contribution in [0.15, 0.2) is 91.5 Å². The van der Waals surface area contributed by atoms with Gasteiger partial charge in [0.05, 0.1) is 11.0 Å². The first kappa shape index (κ1) is 26.7. The number of benzene rings is 4. The van der Waals surface area contributed by atoms with Gasteiger partial charge in [0.15, 0.2) is 5.78 Å². The van der Waals surface area contributed by atoms with E-state index in [1.54, 1.807) is 18.2 Å². The number of aromatic nitrogens is 2. The first-order valence-electron chi connectivity index (χ1n) is 12.9. The van der Waals surface area contributed by atoms with Crippen LogP contribution in [-0.2, 0) is 0 Å². The van der Waals surface area contributed by atoms with E-state index in [-0.39, 0.29) is 17.5 Å². The van der Waals surface area contributed by atoms with Gasteiger partial charge in [-0.3, -0.25) is 4.79 Å². The van der Waals surface area contributed by atoms with Crippen molar-refractivity contribution in [1.29, 1.82) is 0 Å². The number of halogens is 2. The lowest BCUT2D eigenvalue weighted by molar-refractivity contribution is 0.0972. The summed E-state index contributed by atoms with van der Waals surface area (Å²) >= 11 is 12.8. The molecule has 196 valence electrons. The molecular weight excluding hydrogens is 527 g/mol. The summed E-state index contributed by atoms with van der Waals surface area (Å²) in [6.07, 6.45) is 2.18. The molecule has 0 fully saturated rings. The van der Waals surface area contributed by atoms with Crippen LogP contribution in [0.3, 0.4) is 0 Å². The van der Waals surface area contributed by atoms with E-state index in [2.05, 4.69) is 18.5 Å². The van der Waals surface area contributed by atoms with E-state index in [1.807, 2.05) is 66.7 Å². The van der Waals surface area contributed by atoms with Crippen molar-refractivity contribution in [2.24, 2.45) is 0 Å². The van der Waals surface area contributed by atoms with Gasteiger partial charge in [-0.05, 0) is 59.9 Å². The van der Waals surface area contributed by atoms with Crippen molar-refractivity contribution in [2.45, 2.75) is 32.1 Å². The van der Waals surface area contributed by atoms with Gasteiger partial charge < -0.3 is 10.1 Å². The molecule has 5 rings (SSSR count). The van der Waals surface area contributed by atoms with Crippen molar-refractivity contribution in [3.8, 4) is 22.5 Å². The predicted octanol–water partition coefficient (Wildman–Crippen LogP) is 9.89. The standard InChI is InChI=1S/C33H28Cl2N2O2/c1-3-7-22(21-12-15-24(34)16-13-21)19-31(39)23-14-17-25(27(18-23)20(2)38)32-26(8-6-9-28(32)35)33-36-29-10-4-5-11-30(29)37-33/h4-6,8-18,22,38H,2-3,7,19H2,1H3,(H,36,37). The maximum Gasteiger partial charge on any atom is 0.163 e. The molecule has 0 amide bonds. The van der Waals surface area contributed by atoms with Crippen LogP contribution in [0.4, 0.5) is 0 Å². The van der Waals surface area contributed by atoms with E-state index < -0.39 is 0 Å². The topological polar surface area (TPSA) is 66.0 Å². The van der Waals surface area contributed by atoms with E-state index in [9.17, 15) is 9.90 Å². The Balaban J connectivity index is 1.54. The Labute approximate surface area is 238 Å². The highest BCUT2D eigenvalue weighted by molar-refractivity contribution is 6.34. The number of para-hydroxylation sites is 2. The van der Waals surface area contributed by atoms with Gasteiger partial charge in [-0.2, -0.15) is 0 Å². The van der Waals surface area contributed by atoms with Gasteiger partial charge >= 0.3 is 0 Å². The summed E-state index contributed by atoms with van der Waals surface area (Å²) in [6, 6.07) is 26.4. The van der Waals surface area contributed by atoms with Gasteiger partial charge in [0.1, 0.15) is 11.6 Å². The maximum atomic E-state index is 13.5. The number of fused-ring (bicyclic) bond motifs is 1. The van der Waals surface area contributed by atoms with Gasteiger partial charge in [-0.15, -0.1) is 0 Å². The number of hydrogen-bond acceptors (Lipinski definition) is 3. The molecule has 1 unspecified atom stereocenters. The van der Waals surface area contributed by atoms with Crippen molar-refractivity contribution >= 4 is 45.8 Å². The second-order valence-electron chi connectivity index (χ2n) is 9.64. The van der Waals surface area contributed by atoms with Crippen LogP contribution >= 0.6 is 23.2 Å². The zero-order valence-corrected chi connectivity index (χ0v) is 23.1. The average Bonchev–Trinajstić information content (AvgIpc) is 3.37. The second kappa shape index (κ2) is 11.5. The van der Waals surface area contributed by atoms with Crippen molar-refractivity contribution in [3.05, 3.63) is 118 Å². The zero-order chi connectivity index (χ0) is 27.5. The fraction of sp³-hybridized carbons (Fsp3) is 0.152. The number of aromatic amines is 1. The molecule has 0 bridgehead atoms. The van der Waals surface area contributed by atoms with Crippen LogP contribution < -0.4 is 0 Å². The molecule has 0 aliphatic rings. The summed E-state index contributed by atoms with van der Waals surface area (Å²) < 4.78 is 0. The Morgan fingerprint density at radius 2 is 1.74 bits per heavy atom. The zero-order valence-electron chi connectivity index (χ0n) is 21.5. The Hall–Kier alpha value is -3.86. The number of aliphatic hydroxyl groups is 1. The summed E-state index contributed by atoms with van der Waals surface area (Å²) in [5, 5.41) is 11.8. The van der Waals surface area contributed by atoms with Crippen LogP contribution in [0, 0.1) is 0 Å². The molecule has 0 radical (unpaired) electrons. The molecular formula is C33H28Cl2N2O2. The smallest absolute Gasteiger partial charge is 0.163 e. The van der Waals surface area contributed by atoms with Crippen LogP contribution in [0.2, 0.25) is 10.0 Å². The number of nitrogens with one attached hydrogen (secondary N) is 1. The molecule has 0 aliphatic heterocycles. The molecule has 0 saturated heterocycles. The summed E-state index contributed by atoms with van der Waals surface area (Å²) in [5.41, 5.74) is 5.95. The largest absolute Gasteiger partial charge is 0.508 e. The van der Waals surface area contributed by atoms with E-state index in [4.69, 9.17) is 28.2 Å². The lowest BCUT2D eigenvalue weighted by atomic mass is 9.86. The molecule has 2 N–H and O–H groups in total. The van der Waals surface area contributed by atoms with E-state index in [0.29, 0.717) is 44.5 Å². The molecule has 1 aromatic heterocycles. The molecule has 0 saturated carbocycles. The van der Waals surface area contributed by atoms with Gasteiger partial charge in [0.2, 0.25) is 0 Å². The van der Waals surface area contributed by atoms with E-state index in [1.165, 1.54) is 0 Å². The van der Waals surface area contributed by atoms with Crippen molar-refractivity contribution < 1.29 is 9.90 Å². The maximum absolute atomic E-state index is 13.5. The number of ketones is 1. The first-order valence-corrected chi connectivity index (χ1v) is 13.7. The van der Waals surface area contributed by atoms with Crippen molar-refractivity contribution in [2.75, 3.05) is 0 Å². The van der Waals surface area contributed by atoms with Crippen molar-refractivity contribution in [1.82, 2.24) is 9.97 Å². The van der Waals surface area contributed by atoms with Crippen LogP contribution in [0.1, 0.15) is 53.6 Å². The fourth-order valence-electron chi connectivity index (χ4n) is 5.06. The third-order valence-corrected chi connectivity index (χ3v) is 7.56. The summed E-state index contributed by atoms with van der Waals surface area (Å²) in [4.78, 5) is 21.6. The molecule has 0 aliphatic carbocycles. The lowest BCUT2D eigenvalue weighted by Gasteiger charge is -2.18. The Kier molecular flexibility index (Phi) is 7.87. The molecule has 1 heterocycles. The Morgan fingerprint density at radius 1 is 0.974 bits per heavy atom. The monoisotopic (exact) mass is 554 g/mol. The fourth-order valence-corrected chi connectivity index (χ4v) is 5.46. The third kappa shape index (κ3) is 5.63. The minimum Gasteiger partial charge on any atom is -0.508 e. The Bertz CT molecular complexity index is 1640. The number of aliphatic hydroxyl groups excluding tert-OH is 1. The summed E-state index contributed by atoms with van der Waals surface area (Å²) in [5.74, 6) is 0.587. The summed E-state index contributed by atoms with van der Waals surface area (Å²) in [7, 11) is 0. The van der Waals surface area contributed by atoms with Gasteiger partial charge in [-0.25, -0.2) is 4.98 Å². The van der Waals surface area contributed by atoms with Crippen LogP contribution in [0.5, 0.6) is 0 Å². The highest BCUT2D eigenvalue weighted by Gasteiger charge is 2.22. The highest BCUT2D eigenvalue weighted by Crippen LogP contribution is 2.40. The van der Waals surface area contributed by atoms with Crippen LogP contribution in [-0.4, -0.2) is 20.9 Å². The Morgan fingerprint density at radius 3 is 2.46 bits per heavy atom. The third-order valence-electron chi connectivity index (χ3n) is 6.99. The molecule has 4 aromatic carbocycles. The number of imidazole rings is 1. The van der Waals surface area contributed by atoms with Gasteiger partial charge in [0.25, 0.3) is 0 Å². The highest BCUT2D eigenvalue weighted by atomic mass is 35.5. The first-order chi connectivity index (χ1) is 18.9. The summed E-state index contributed by atoms with van der Waals surface area (Å²) in [6.45, 7) is 5.90. The number of nitrogens with zero attached hydrogens (tertiary/aromatic N) is 1. The minimum atomic E-state index is -0.141. The minimum absolute atomic E-state index is 0.00545. The molecule has 0 spiro atoms. The molecule has 4 nitrogen and oxygen atoms in total. The molecule has 1 atom stereocenters. The van der Waals surface area contributed by atoms with Crippen molar-refractivity contribution in [3.63, 3.8) is 0 Å². The predicted molar refractivity (Wildman–Crippen MR) is 162 cm³/mol. The normalized spacial score (nSPS) is 12.0. The van der Waals surface area contributed by atoms with E-state index in [0.717, 1.165) is 35.0 Å². The lowest BCUT2D eigenvalue weighted by Crippen LogP contribution is -2.08. The van der Waals surface area contributed by atoms with Gasteiger partial charge in [0, 0.05) is 38.7 Å². The van der Waals surface area contributed by atoms with E-state index >= 15 is 0 Å². The van der Waals surface area contributed by atoms with Crippen LogP contribution in [0.25, 0.3) is 39.3 Å². The number of Topliss-reactive ketones (excluding diaryl/α,β-unsaturated/α-hetero) is 1. The van der Waals surface area contributed by atoms with Gasteiger partial charge in [-0.1, -0.05) is 91.7 Å². The number of rotatable bonds is 9. The molecule has 39 heavy (non-hydrogen) atoms. The quantitative estimate of drug-likeness (QED) is 0.141. The number of H-pyrrole nitrogens is 1. The molecule has 6 heteroatoms. The SMILES string of the molecule is C=C(O)c1cc(C(=O)CC(CCC)c2ccc(Cl)cc2)ccc1-c1c(Cl)cccc1-c1nc2ccccc2[nH]1. The number of carbonyl (C=O) groups is 1. The average molecular weight is 556 g/mol.